The van der Waals surface area contributed by atoms with Gasteiger partial charge in [0, 0.05) is 12.1 Å². The quantitative estimate of drug-likeness (QED) is 0.774. The minimum atomic E-state index is -3.47. The highest BCUT2D eigenvalue weighted by Crippen LogP contribution is 2.22. The molecule has 0 spiro atoms. The van der Waals surface area contributed by atoms with Crippen molar-refractivity contribution in [2.45, 2.75) is 44.2 Å². The van der Waals surface area contributed by atoms with Crippen LogP contribution in [-0.4, -0.2) is 32.5 Å². The first kappa shape index (κ1) is 17.3. The van der Waals surface area contributed by atoms with Crippen molar-refractivity contribution < 1.29 is 8.42 Å². The van der Waals surface area contributed by atoms with Gasteiger partial charge in [0.15, 0.2) is 0 Å². The van der Waals surface area contributed by atoms with Gasteiger partial charge >= 0.3 is 0 Å². The molecule has 1 atom stereocenters. The largest absolute Gasteiger partial charge is 0.381 e. The lowest BCUT2D eigenvalue weighted by atomic mass is 10.2. The second-order valence-corrected chi connectivity index (χ2v) is 7.77. The molecule has 20 heavy (non-hydrogen) atoms. The van der Waals surface area contributed by atoms with Crippen LogP contribution in [0.5, 0.6) is 0 Å². The van der Waals surface area contributed by atoms with E-state index in [2.05, 4.69) is 23.2 Å². The highest BCUT2D eigenvalue weighted by Gasteiger charge is 2.19. The highest BCUT2D eigenvalue weighted by atomic mass is 32.2. The summed E-state index contributed by atoms with van der Waals surface area (Å²) in [6.45, 7) is 5.69. The summed E-state index contributed by atoms with van der Waals surface area (Å²) in [5.41, 5.74) is 0.661. The maximum absolute atomic E-state index is 12.3. The summed E-state index contributed by atoms with van der Waals surface area (Å²) in [4.78, 5) is 0.310. The molecule has 0 aliphatic rings. The number of anilines is 1. The maximum Gasteiger partial charge on any atom is 0.242 e. The Morgan fingerprint density at radius 2 is 1.85 bits per heavy atom. The second-order valence-electron chi connectivity index (χ2n) is 5.10. The summed E-state index contributed by atoms with van der Waals surface area (Å²) in [6.07, 6.45) is 3.06. The van der Waals surface area contributed by atoms with Crippen molar-refractivity contribution in [2.24, 2.45) is 0 Å². The molecular formula is C14H24N2O2S2. The van der Waals surface area contributed by atoms with Crippen LogP contribution in [0.15, 0.2) is 29.2 Å². The lowest BCUT2D eigenvalue weighted by Crippen LogP contribution is -2.31. The van der Waals surface area contributed by atoms with Gasteiger partial charge in [-0.05, 0) is 51.3 Å². The third-order valence-corrected chi connectivity index (χ3v) is 5.09. The second kappa shape index (κ2) is 7.90. The van der Waals surface area contributed by atoms with E-state index in [1.165, 1.54) is 0 Å². The molecule has 6 heteroatoms. The number of thioether (sulfide) groups is 1. The van der Waals surface area contributed by atoms with Crippen LogP contribution in [0.3, 0.4) is 0 Å². The van der Waals surface area contributed by atoms with E-state index < -0.39 is 10.0 Å². The van der Waals surface area contributed by atoms with Gasteiger partial charge in [0.1, 0.15) is 4.90 Å². The first-order chi connectivity index (χ1) is 9.36. The van der Waals surface area contributed by atoms with E-state index >= 15 is 0 Å². The molecule has 1 aromatic rings. The zero-order valence-corrected chi connectivity index (χ0v) is 14.1. The van der Waals surface area contributed by atoms with Gasteiger partial charge in [0.2, 0.25) is 10.0 Å². The summed E-state index contributed by atoms with van der Waals surface area (Å²) in [6, 6.07) is 7.14. The topological polar surface area (TPSA) is 58.2 Å². The Hall–Kier alpha value is -0.720. The van der Waals surface area contributed by atoms with Crippen molar-refractivity contribution in [2.75, 3.05) is 17.3 Å². The normalized spacial score (nSPS) is 13.4. The van der Waals surface area contributed by atoms with Gasteiger partial charge in [-0.3, -0.25) is 0 Å². The van der Waals surface area contributed by atoms with Crippen LogP contribution in [0.25, 0.3) is 0 Å². The van der Waals surface area contributed by atoms with E-state index in [4.69, 9.17) is 0 Å². The fraction of sp³-hybridized carbons (Fsp3) is 0.571. The molecule has 0 aromatic heterocycles. The fourth-order valence-electron chi connectivity index (χ4n) is 1.83. The van der Waals surface area contributed by atoms with E-state index in [0.29, 0.717) is 10.6 Å². The Bertz CT molecular complexity index is 516. The average Bonchev–Trinajstić information content (AvgIpc) is 2.35. The van der Waals surface area contributed by atoms with E-state index in [0.717, 1.165) is 12.2 Å². The van der Waals surface area contributed by atoms with E-state index in [-0.39, 0.29) is 12.1 Å². The SMILES string of the molecule is CSCCC(C)Nc1ccccc1S(=O)(=O)NC(C)C. The van der Waals surface area contributed by atoms with Crippen molar-refractivity contribution in [1.82, 2.24) is 4.72 Å². The molecule has 0 aliphatic heterocycles. The summed E-state index contributed by atoms with van der Waals surface area (Å²) >= 11 is 1.79. The first-order valence-electron chi connectivity index (χ1n) is 6.73. The smallest absolute Gasteiger partial charge is 0.242 e. The molecular weight excluding hydrogens is 292 g/mol. The van der Waals surface area contributed by atoms with Crippen molar-refractivity contribution >= 4 is 27.5 Å². The molecule has 0 fully saturated rings. The summed E-state index contributed by atoms with van der Waals surface area (Å²) in [5, 5.41) is 3.29. The zero-order valence-electron chi connectivity index (χ0n) is 12.5. The van der Waals surface area contributed by atoms with Crippen LogP contribution in [0.1, 0.15) is 27.2 Å². The molecule has 1 unspecified atom stereocenters. The van der Waals surface area contributed by atoms with Crippen LogP contribution < -0.4 is 10.0 Å². The number of rotatable bonds is 8. The van der Waals surface area contributed by atoms with Crippen LogP contribution in [0.4, 0.5) is 5.69 Å². The van der Waals surface area contributed by atoms with E-state index in [9.17, 15) is 8.42 Å². The molecule has 0 aliphatic carbocycles. The number of hydrogen-bond acceptors (Lipinski definition) is 4. The first-order valence-corrected chi connectivity index (χ1v) is 9.61. The van der Waals surface area contributed by atoms with E-state index in [1.54, 1.807) is 23.9 Å². The van der Waals surface area contributed by atoms with Crippen LogP contribution >= 0.6 is 11.8 Å². The zero-order chi connectivity index (χ0) is 15.2. The van der Waals surface area contributed by atoms with Gasteiger partial charge in [-0.1, -0.05) is 12.1 Å². The molecule has 0 saturated carbocycles. The maximum atomic E-state index is 12.3. The Balaban J connectivity index is 2.93. The van der Waals surface area contributed by atoms with Gasteiger partial charge in [-0.2, -0.15) is 11.8 Å². The Labute approximate surface area is 126 Å². The van der Waals surface area contributed by atoms with Crippen LogP contribution in [-0.2, 0) is 10.0 Å². The molecule has 0 heterocycles. The average molecular weight is 316 g/mol. The molecule has 1 aromatic carbocycles. The minimum absolute atomic E-state index is 0.123. The fourth-order valence-corrected chi connectivity index (χ4v) is 3.84. The summed E-state index contributed by atoms with van der Waals surface area (Å²) in [5.74, 6) is 1.05. The van der Waals surface area contributed by atoms with Crippen molar-refractivity contribution in [3.63, 3.8) is 0 Å². The third kappa shape index (κ3) is 5.34. The van der Waals surface area contributed by atoms with Gasteiger partial charge in [-0.25, -0.2) is 13.1 Å². The van der Waals surface area contributed by atoms with Gasteiger partial charge < -0.3 is 5.32 Å². The third-order valence-electron chi connectivity index (χ3n) is 2.72. The van der Waals surface area contributed by atoms with Gasteiger partial charge in [0.25, 0.3) is 0 Å². The molecule has 1 rings (SSSR count). The van der Waals surface area contributed by atoms with Crippen molar-refractivity contribution in [3.05, 3.63) is 24.3 Å². The number of nitrogens with one attached hydrogen (secondary N) is 2. The lowest BCUT2D eigenvalue weighted by molar-refractivity contribution is 0.570. The molecule has 0 saturated heterocycles. The molecule has 0 amide bonds. The Morgan fingerprint density at radius 1 is 1.20 bits per heavy atom. The molecule has 2 N–H and O–H groups in total. The van der Waals surface area contributed by atoms with Crippen LogP contribution in [0, 0.1) is 0 Å². The number of hydrogen-bond donors (Lipinski definition) is 2. The lowest BCUT2D eigenvalue weighted by Gasteiger charge is -2.18. The highest BCUT2D eigenvalue weighted by molar-refractivity contribution is 7.98. The minimum Gasteiger partial charge on any atom is -0.381 e. The number of sulfonamides is 1. The van der Waals surface area contributed by atoms with Gasteiger partial charge in [-0.15, -0.1) is 0 Å². The van der Waals surface area contributed by atoms with E-state index in [1.807, 2.05) is 26.0 Å². The van der Waals surface area contributed by atoms with Gasteiger partial charge in [0.05, 0.1) is 5.69 Å². The predicted molar refractivity (Wildman–Crippen MR) is 88.0 cm³/mol. The summed E-state index contributed by atoms with van der Waals surface area (Å²) < 4.78 is 27.2. The monoisotopic (exact) mass is 316 g/mol. The Morgan fingerprint density at radius 3 is 2.45 bits per heavy atom. The number of para-hydroxylation sites is 1. The predicted octanol–water partition coefficient (Wildman–Crippen LogP) is 2.93. The molecule has 0 bridgehead atoms. The molecule has 4 nitrogen and oxygen atoms in total. The van der Waals surface area contributed by atoms with Crippen molar-refractivity contribution in [1.29, 1.82) is 0 Å². The standard InChI is InChI=1S/C14H24N2O2S2/c1-11(2)16-20(17,18)14-8-6-5-7-13(14)15-12(3)9-10-19-4/h5-8,11-12,15-16H,9-10H2,1-4H3. The van der Waals surface area contributed by atoms with Crippen molar-refractivity contribution in [3.8, 4) is 0 Å². The number of benzene rings is 1. The molecule has 0 radical (unpaired) electrons. The Kier molecular flexibility index (Phi) is 6.85. The van der Waals surface area contributed by atoms with Crippen LogP contribution in [0.2, 0.25) is 0 Å². The summed E-state index contributed by atoms with van der Waals surface area (Å²) in [7, 11) is -3.47. The molecule has 114 valence electrons.